The van der Waals surface area contributed by atoms with Crippen molar-refractivity contribution >= 4 is 33.7 Å². The molecule has 2 aromatic carbocycles. The Kier molecular flexibility index (Phi) is 3.43. The van der Waals surface area contributed by atoms with Crippen molar-refractivity contribution in [1.82, 2.24) is 4.90 Å². The smallest absolute Gasteiger partial charge is 0.268 e. The van der Waals surface area contributed by atoms with E-state index in [-0.39, 0.29) is 11.1 Å². The van der Waals surface area contributed by atoms with Crippen LogP contribution >= 0.6 is 15.9 Å². The van der Waals surface area contributed by atoms with Gasteiger partial charge in [0.1, 0.15) is 0 Å². The number of halogens is 1. The first-order chi connectivity index (χ1) is 10.1. The first-order valence-electron chi connectivity index (χ1n) is 6.31. The molecule has 0 unspecified atom stereocenters. The highest BCUT2D eigenvalue weighted by Gasteiger charge is 2.40. The van der Waals surface area contributed by atoms with Gasteiger partial charge in [0.05, 0.1) is 11.1 Å². The van der Waals surface area contributed by atoms with Gasteiger partial charge in [-0.1, -0.05) is 46.3 Å². The van der Waals surface area contributed by atoms with Gasteiger partial charge in [0, 0.05) is 10.9 Å². The summed E-state index contributed by atoms with van der Waals surface area (Å²) in [5.41, 5.74) is 1.63. The van der Waals surface area contributed by atoms with E-state index in [9.17, 15) is 14.4 Å². The summed E-state index contributed by atoms with van der Waals surface area (Å²) < 4.78 is 0. The Morgan fingerprint density at radius 1 is 0.905 bits per heavy atom. The van der Waals surface area contributed by atoms with E-state index in [1.165, 1.54) is 0 Å². The van der Waals surface area contributed by atoms with Crippen LogP contribution in [0.3, 0.4) is 0 Å². The van der Waals surface area contributed by atoms with Gasteiger partial charge in [-0.3, -0.25) is 14.4 Å². The molecule has 0 N–H and O–H groups in total. The number of carbonyl (C=O) groups excluding carboxylic acids is 3. The van der Waals surface area contributed by atoms with Crippen LogP contribution in [0.25, 0.3) is 0 Å². The minimum atomic E-state index is -0.587. The molecule has 21 heavy (non-hydrogen) atoms. The normalized spacial score (nSPS) is 13.5. The molecule has 0 aromatic heterocycles. The molecule has 3 rings (SSSR count). The lowest BCUT2D eigenvalue weighted by molar-refractivity contribution is 0.0566. The van der Waals surface area contributed by atoms with Crippen molar-refractivity contribution in [3.63, 3.8) is 0 Å². The van der Waals surface area contributed by atoms with Crippen LogP contribution in [0.15, 0.2) is 48.5 Å². The zero-order valence-corrected chi connectivity index (χ0v) is 12.5. The molecule has 0 radical (unpaired) electrons. The molecule has 5 heteroatoms. The van der Waals surface area contributed by atoms with Crippen molar-refractivity contribution in [2.45, 2.75) is 5.33 Å². The highest BCUT2D eigenvalue weighted by Crippen LogP contribution is 2.25. The zero-order chi connectivity index (χ0) is 15.0. The summed E-state index contributed by atoms with van der Waals surface area (Å²) >= 11 is 3.30. The van der Waals surface area contributed by atoms with E-state index in [2.05, 4.69) is 15.9 Å². The number of benzene rings is 2. The van der Waals surface area contributed by atoms with Crippen molar-refractivity contribution in [2.24, 2.45) is 0 Å². The van der Waals surface area contributed by atoms with Gasteiger partial charge in [-0.15, -0.1) is 0 Å². The Labute approximate surface area is 129 Å². The van der Waals surface area contributed by atoms with Gasteiger partial charge in [0.2, 0.25) is 0 Å². The molecule has 1 aliphatic rings. The minimum Gasteiger partial charge on any atom is -0.268 e. The highest BCUT2D eigenvalue weighted by atomic mass is 79.9. The molecule has 0 saturated carbocycles. The van der Waals surface area contributed by atoms with E-state index in [1.54, 1.807) is 48.5 Å². The first-order valence-corrected chi connectivity index (χ1v) is 7.43. The van der Waals surface area contributed by atoms with Crippen molar-refractivity contribution in [2.75, 3.05) is 0 Å². The predicted molar refractivity (Wildman–Crippen MR) is 80.3 cm³/mol. The molecule has 0 aliphatic carbocycles. The molecule has 0 spiro atoms. The quantitative estimate of drug-likeness (QED) is 0.622. The summed E-state index contributed by atoms with van der Waals surface area (Å²) in [5, 5.41) is 0.470. The summed E-state index contributed by atoms with van der Waals surface area (Å²) in [6.45, 7) is 0. The first kappa shape index (κ1) is 13.7. The average Bonchev–Trinajstić information content (AvgIpc) is 2.78. The van der Waals surface area contributed by atoms with E-state index in [4.69, 9.17) is 0 Å². The molecule has 1 aliphatic heterocycles. The Hall–Kier alpha value is -2.27. The number of rotatable bonds is 2. The fourth-order valence-corrected chi connectivity index (χ4v) is 2.83. The second kappa shape index (κ2) is 5.26. The van der Waals surface area contributed by atoms with E-state index in [1.807, 2.05) is 0 Å². The molecule has 0 saturated heterocycles. The number of carbonyl (C=O) groups is 3. The zero-order valence-electron chi connectivity index (χ0n) is 10.9. The lowest BCUT2D eigenvalue weighted by Crippen LogP contribution is -2.36. The largest absolute Gasteiger partial charge is 0.268 e. The third-order valence-electron chi connectivity index (χ3n) is 3.39. The molecule has 0 fully saturated rings. The maximum atomic E-state index is 12.6. The molecule has 0 bridgehead atoms. The average molecular weight is 344 g/mol. The molecular weight excluding hydrogens is 334 g/mol. The topological polar surface area (TPSA) is 54.5 Å². The number of imide groups is 3. The molecule has 104 valence electrons. The third-order valence-corrected chi connectivity index (χ3v) is 3.99. The SMILES string of the molecule is O=C(c1ccccc1CBr)N1C(=O)c2ccccc2C1=O. The van der Waals surface area contributed by atoms with Crippen LogP contribution in [0, 0.1) is 0 Å². The molecule has 1 heterocycles. The summed E-state index contributed by atoms with van der Waals surface area (Å²) in [6, 6.07) is 13.4. The Bertz CT molecular complexity index is 735. The van der Waals surface area contributed by atoms with Gasteiger partial charge in [0.25, 0.3) is 17.7 Å². The number of fused-ring (bicyclic) bond motifs is 1. The van der Waals surface area contributed by atoms with Gasteiger partial charge in [-0.2, -0.15) is 0 Å². The number of alkyl halides is 1. The Balaban J connectivity index is 2.05. The molecule has 0 atom stereocenters. The molecule has 3 amide bonds. The van der Waals surface area contributed by atoms with Crippen molar-refractivity contribution in [3.05, 3.63) is 70.8 Å². The van der Waals surface area contributed by atoms with Crippen LogP contribution < -0.4 is 0 Å². The number of hydrogen-bond acceptors (Lipinski definition) is 3. The Morgan fingerprint density at radius 3 is 2.00 bits per heavy atom. The van der Waals surface area contributed by atoms with E-state index >= 15 is 0 Å². The van der Waals surface area contributed by atoms with Crippen LogP contribution in [-0.2, 0) is 5.33 Å². The van der Waals surface area contributed by atoms with Gasteiger partial charge >= 0.3 is 0 Å². The number of hydrogen-bond donors (Lipinski definition) is 0. The Morgan fingerprint density at radius 2 is 1.43 bits per heavy atom. The maximum Gasteiger partial charge on any atom is 0.268 e. The number of nitrogens with zero attached hydrogens (tertiary/aromatic N) is 1. The highest BCUT2D eigenvalue weighted by molar-refractivity contribution is 9.08. The fraction of sp³-hybridized carbons (Fsp3) is 0.0625. The van der Waals surface area contributed by atoms with Crippen LogP contribution in [0.5, 0.6) is 0 Å². The second-order valence-corrected chi connectivity index (χ2v) is 5.15. The summed E-state index contributed by atoms with van der Waals surface area (Å²) in [7, 11) is 0. The lowest BCUT2D eigenvalue weighted by atomic mass is 10.1. The summed E-state index contributed by atoms with van der Waals surface area (Å²) in [4.78, 5) is 37.9. The van der Waals surface area contributed by atoms with Crippen LogP contribution in [0.4, 0.5) is 0 Å². The van der Waals surface area contributed by atoms with Gasteiger partial charge in [-0.25, -0.2) is 4.90 Å². The van der Waals surface area contributed by atoms with E-state index in [0.717, 1.165) is 5.56 Å². The lowest BCUT2D eigenvalue weighted by Gasteiger charge is -2.14. The molecule has 2 aromatic rings. The minimum absolute atomic E-state index is 0.271. The molecular formula is C16H10BrNO3. The monoisotopic (exact) mass is 343 g/mol. The molecule has 4 nitrogen and oxygen atoms in total. The van der Waals surface area contributed by atoms with Crippen molar-refractivity contribution in [3.8, 4) is 0 Å². The second-order valence-electron chi connectivity index (χ2n) is 4.59. The van der Waals surface area contributed by atoms with Gasteiger partial charge in [0.15, 0.2) is 0 Å². The van der Waals surface area contributed by atoms with Crippen LogP contribution in [0.1, 0.15) is 36.6 Å². The maximum absolute atomic E-state index is 12.6. The van der Waals surface area contributed by atoms with Crippen LogP contribution in [0.2, 0.25) is 0 Å². The summed E-state index contributed by atoms with van der Waals surface area (Å²) in [5.74, 6) is -1.72. The van der Waals surface area contributed by atoms with Gasteiger partial charge in [-0.05, 0) is 23.8 Å². The predicted octanol–water partition coefficient (Wildman–Crippen LogP) is 3.02. The van der Waals surface area contributed by atoms with Gasteiger partial charge < -0.3 is 0 Å². The fourth-order valence-electron chi connectivity index (χ4n) is 2.34. The van der Waals surface area contributed by atoms with E-state index < -0.39 is 17.7 Å². The van der Waals surface area contributed by atoms with Crippen molar-refractivity contribution in [1.29, 1.82) is 0 Å². The summed E-state index contributed by atoms with van der Waals surface area (Å²) in [6.07, 6.45) is 0. The van der Waals surface area contributed by atoms with E-state index in [0.29, 0.717) is 15.8 Å². The number of amides is 3. The van der Waals surface area contributed by atoms with Crippen LogP contribution in [-0.4, -0.2) is 22.6 Å². The third kappa shape index (κ3) is 2.10. The van der Waals surface area contributed by atoms with Crippen molar-refractivity contribution < 1.29 is 14.4 Å². The standard InChI is InChI=1S/C16H10BrNO3/c17-9-10-5-1-2-6-11(10)14(19)18-15(20)12-7-3-4-8-13(12)16(18)21/h1-8H,9H2.